The average molecular weight is 289 g/mol. The number of hydrogen-bond donors (Lipinski definition) is 2. The van der Waals surface area contributed by atoms with Crippen LogP contribution >= 0.6 is 0 Å². The Labute approximate surface area is 125 Å². The lowest BCUT2D eigenvalue weighted by atomic mass is 9.67. The van der Waals surface area contributed by atoms with Gasteiger partial charge in [-0.15, -0.1) is 0 Å². The van der Waals surface area contributed by atoms with Gasteiger partial charge < -0.3 is 10.4 Å². The summed E-state index contributed by atoms with van der Waals surface area (Å²) >= 11 is 0. The summed E-state index contributed by atoms with van der Waals surface area (Å²) in [7, 11) is 0. The average Bonchev–Trinajstić information content (AvgIpc) is 2.48. The Morgan fingerprint density at radius 2 is 1.81 bits per heavy atom. The summed E-state index contributed by atoms with van der Waals surface area (Å²) in [4.78, 5) is 23.8. The number of carbonyl (C=O) groups is 2. The van der Waals surface area contributed by atoms with Crippen LogP contribution in [0.5, 0.6) is 0 Å². The van der Waals surface area contributed by atoms with Gasteiger partial charge in [-0.3, -0.25) is 9.59 Å². The summed E-state index contributed by atoms with van der Waals surface area (Å²) in [6.45, 7) is 3.52. The molecule has 1 fully saturated rings. The summed E-state index contributed by atoms with van der Waals surface area (Å²) in [6.07, 6.45) is 4.72. The van der Waals surface area contributed by atoms with Crippen LogP contribution < -0.4 is 5.32 Å². The Hall–Kier alpha value is -1.84. The number of amides is 1. The minimum Gasteiger partial charge on any atom is -0.480 e. The maximum absolute atomic E-state index is 12.8. The molecule has 1 aromatic carbocycles. The molecule has 1 atom stereocenters. The van der Waals surface area contributed by atoms with Crippen LogP contribution in [0.2, 0.25) is 0 Å². The molecule has 1 amide bonds. The molecule has 0 radical (unpaired) electrons. The van der Waals surface area contributed by atoms with Gasteiger partial charge in [-0.25, -0.2) is 0 Å². The van der Waals surface area contributed by atoms with Crippen molar-refractivity contribution in [3.63, 3.8) is 0 Å². The van der Waals surface area contributed by atoms with E-state index in [-0.39, 0.29) is 5.91 Å². The molecule has 1 aromatic rings. The summed E-state index contributed by atoms with van der Waals surface area (Å²) in [5, 5.41) is 11.7. The molecular formula is C17H23NO3. The molecule has 0 bridgehead atoms. The molecule has 1 aliphatic carbocycles. The molecule has 4 nitrogen and oxygen atoms in total. The van der Waals surface area contributed by atoms with Crippen molar-refractivity contribution in [2.75, 3.05) is 0 Å². The molecule has 0 heterocycles. The lowest BCUT2D eigenvalue weighted by Crippen LogP contribution is -2.50. The van der Waals surface area contributed by atoms with E-state index in [0.29, 0.717) is 0 Å². The van der Waals surface area contributed by atoms with Gasteiger partial charge in [0.05, 0.1) is 5.41 Å². The number of carboxylic acids is 1. The van der Waals surface area contributed by atoms with Crippen LogP contribution in [0, 0.1) is 6.92 Å². The molecule has 1 aliphatic rings. The molecule has 2 rings (SSSR count). The van der Waals surface area contributed by atoms with Crippen LogP contribution in [0.3, 0.4) is 0 Å². The van der Waals surface area contributed by atoms with E-state index in [9.17, 15) is 9.59 Å². The highest BCUT2D eigenvalue weighted by molar-refractivity contribution is 5.91. The first-order valence-electron chi connectivity index (χ1n) is 7.57. The van der Waals surface area contributed by atoms with E-state index in [1.807, 2.05) is 31.2 Å². The fourth-order valence-electron chi connectivity index (χ4n) is 3.28. The number of aliphatic carboxylic acids is 1. The van der Waals surface area contributed by atoms with Gasteiger partial charge in [0.1, 0.15) is 6.04 Å². The maximum Gasteiger partial charge on any atom is 0.325 e. The molecule has 114 valence electrons. The SMILES string of the molecule is Cc1ccccc1C1(C(=O)NC(C)C(=O)O)CCCCC1. The molecule has 1 saturated carbocycles. The van der Waals surface area contributed by atoms with Crippen LogP contribution in [0.1, 0.15) is 50.2 Å². The summed E-state index contributed by atoms with van der Waals surface area (Å²) in [5.74, 6) is -1.15. The van der Waals surface area contributed by atoms with Gasteiger partial charge in [0.25, 0.3) is 0 Å². The van der Waals surface area contributed by atoms with E-state index in [0.717, 1.165) is 43.2 Å². The highest BCUT2D eigenvalue weighted by Crippen LogP contribution is 2.41. The maximum atomic E-state index is 12.8. The van der Waals surface area contributed by atoms with Crippen molar-refractivity contribution in [1.82, 2.24) is 5.32 Å². The number of benzene rings is 1. The molecule has 1 unspecified atom stereocenters. The first kappa shape index (κ1) is 15.5. The Morgan fingerprint density at radius 3 is 2.38 bits per heavy atom. The zero-order valence-electron chi connectivity index (χ0n) is 12.7. The van der Waals surface area contributed by atoms with Crippen molar-refractivity contribution in [2.24, 2.45) is 0 Å². The lowest BCUT2D eigenvalue weighted by molar-refractivity contribution is -0.142. The number of aryl methyl sites for hydroxylation is 1. The van der Waals surface area contributed by atoms with Gasteiger partial charge >= 0.3 is 5.97 Å². The first-order valence-corrected chi connectivity index (χ1v) is 7.57. The van der Waals surface area contributed by atoms with Gasteiger partial charge in [-0.05, 0) is 37.8 Å². The highest BCUT2D eigenvalue weighted by atomic mass is 16.4. The van der Waals surface area contributed by atoms with Crippen LogP contribution in [-0.2, 0) is 15.0 Å². The van der Waals surface area contributed by atoms with Gasteiger partial charge in [0, 0.05) is 0 Å². The highest BCUT2D eigenvalue weighted by Gasteiger charge is 2.42. The molecule has 2 N–H and O–H groups in total. The zero-order chi connectivity index (χ0) is 15.5. The van der Waals surface area contributed by atoms with Crippen molar-refractivity contribution in [3.8, 4) is 0 Å². The smallest absolute Gasteiger partial charge is 0.325 e. The molecule has 0 aliphatic heterocycles. The van der Waals surface area contributed by atoms with Crippen molar-refractivity contribution >= 4 is 11.9 Å². The number of hydrogen-bond acceptors (Lipinski definition) is 2. The van der Waals surface area contributed by atoms with Gasteiger partial charge in [-0.1, -0.05) is 43.5 Å². The second kappa shape index (κ2) is 6.29. The van der Waals surface area contributed by atoms with Crippen LogP contribution in [0.4, 0.5) is 0 Å². The second-order valence-corrected chi connectivity index (χ2v) is 5.99. The van der Waals surface area contributed by atoms with E-state index in [2.05, 4.69) is 5.32 Å². The molecule has 4 heteroatoms. The Kier molecular flexibility index (Phi) is 4.66. The van der Waals surface area contributed by atoms with Gasteiger partial charge in [-0.2, -0.15) is 0 Å². The predicted molar refractivity (Wildman–Crippen MR) is 81.2 cm³/mol. The summed E-state index contributed by atoms with van der Waals surface area (Å²) < 4.78 is 0. The number of nitrogens with one attached hydrogen (secondary N) is 1. The monoisotopic (exact) mass is 289 g/mol. The minimum absolute atomic E-state index is 0.147. The molecule has 0 saturated heterocycles. The summed E-state index contributed by atoms with van der Waals surface area (Å²) in [5.41, 5.74) is 1.56. The van der Waals surface area contributed by atoms with Crippen LogP contribution in [-0.4, -0.2) is 23.0 Å². The predicted octanol–water partition coefficient (Wildman–Crippen LogP) is 2.79. The largest absolute Gasteiger partial charge is 0.480 e. The van der Waals surface area contributed by atoms with Crippen molar-refractivity contribution in [3.05, 3.63) is 35.4 Å². The first-order chi connectivity index (χ1) is 9.97. The topological polar surface area (TPSA) is 66.4 Å². The second-order valence-electron chi connectivity index (χ2n) is 5.99. The van der Waals surface area contributed by atoms with Crippen molar-refractivity contribution < 1.29 is 14.7 Å². The van der Waals surface area contributed by atoms with E-state index in [4.69, 9.17) is 5.11 Å². The molecule has 21 heavy (non-hydrogen) atoms. The zero-order valence-corrected chi connectivity index (χ0v) is 12.7. The number of carbonyl (C=O) groups excluding carboxylic acids is 1. The molecule has 0 aromatic heterocycles. The molecule has 0 spiro atoms. The Bertz CT molecular complexity index is 533. The van der Waals surface area contributed by atoms with E-state index >= 15 is 0 Å². The quantitative estimate of drug-likeness (QED) is 0.895. The van der Waals surface area contributed by atoms with E-state index in [1.165, 1.54) is 6.92 Å². The van der Waals surface area contributed by atoms with Crippen molar-refractivity contribution in [1.29, 1.82) is 0 Å². The third kappa shape index (κ3) is 3.09. The lowest BCUT2D eigenvalue weighted by Gasteiger charge is -2.37. The van der Waals surface area contributed by atoms with E-state index < -0.39 is 17.4 Å². The van der Waals surface area contributed by atoms with Gasteiger partial charge in [0.15, 0.2) is 0 Å². The van der Waals surface area contributed by atoms with Gasteiger partial charge in [0.2, 0.25) is 5.91 Å². The van der Waals surface area contributed by atoms with Crippen LogP contribution in [0.15, 0.2) is 24.3 Å². The summed E-state index contributed by atoms with van der Waals surface area (Å²) in [6, 6.07) is 7.07. The molecular weight excluding hydrogens is 266 g/mol. The van der Waals surface area contributed by atoms with E-state index in [1.54, 1.807) is 0 Å². The fourth-order valence-corrected chi connectivity index (χ4v) is 3.28. The number of rotatable bonds is 4. The van der Waals surface area contributed by atoms with Crippen molar-refractivity contribution in [2.45, 2.75) is 57.4 Å². The third-order valence-corrected chi connectivity index (χ3v) is 4.52. The Balaban J connectivity index is 2.36. The fraction of sp³-hybridized carbons (Fsp3) is 0.529. The number of carboxylic acid groups (broad SMARTS) is 1. The minimum atomic E-state index is -1.00. The third-order valence-electron chi connectivity index (χ3n) is 4.52. The van der Waals surface area contributed by atoms with Crippen LogP contribution in [0.25, 0.3) is 0 Å². The normalized spacial score (nSPS) is 18.8. The standard InChI is InChI=1S/C17H23NO3/c1-12-8-4-5-9-14(12)17(10-6-3-7-11-17)16(21)18-13(2)15(19)20/h4-5,8-9,13H,3,6-7,10-11H2,1-2H3,(H,18,21)(H,19,20). The Morgan fingerprint density at radius 1 is 1.19 bits per heavy atom.